The van der Waals surface area contributed by atoms with E-state index in [-0.39, 0.29) is 12.5 Å². The molecule has 1 saturated heterocycles. The summed E-state index contributed by atoms with van der Waals surface area (Å²) in [6.45, 7) is 3.70. The largest absolute Gasteiger partial charge is 0.394 e. The molecule has 68 heavy (non-hydrogen) atoms. The highest BCUT2D eigenvalue weighted by Crippen LogP contribution is 2.23. The van der Waals surface area contributed by atoms with E-state index in [1.54, 1.807) is 6.08 Å². The third-order valence-electron chi connectivity index (χ3n) is 13.3. The number of carbonyl (C=O) groups is 1. The van der Waals surface area contributed by atoms with Gasteiger partial charge < -0.3 is 40.3 Å². The van der Waals surface area contributed by atoms with E-state index in [0.717, 1.165) is 57.8 Å². The van der Waals surface area contributed by atoms with E-state index >= 15 is 0 Å². The van der Waals surface area contributed by atoms with Gasteiger partial charge in [-0.25, -0.2) is 0 Å². The molecule has 1 heterocycles. The minimum absolute atomic E-state index is 0.190. The van der Waals surface area contributed by atoms with E-state index in [2.05, 4.69) is 67.8 Å². The van der Waals surface area contributed by atoms with Crippen molar-refractivity contribution in [1.82, 2.24) is 5.32 Å². The van der Waals surface area contributed by atoms with Crippen LogP contribution in [0.2, 0.25) is 0 Å². The van der Waals surface area contributed by atoms with Crippen LogP contribution in [0.1, 0.15) is 251 Å². The van der Waals surface area contributed by atoms with Gasteiger partial charge in [0, 0.05) is 6.42 Å². The minimum atomic E-state index is -1.57. The van der Waals surface area contributed by atoms with Crippen molar-refractivity contribution in [2.24, 2.45) is 0 Å². The number of aliphatic hydroxyl groups excluding tert-OH is 5. The third-order valence-corrected chi connectivity index (χ3v) is 13.3. The van der Waals surface area contributed by atoms with E-state index < -0.39 is 49.5 Å². The summed E-state index contributed by atoms with van der Waals surface area (Å²) in [5, 5.41) is 54.3. The van der Waals surface area contributed by atoms with Gasteiger partial charge >= 0.3 is 0 Å². The zero-order chi connectivity index (χ0) is 49.4. The van der Waals surface area contributed by atoms with Crippen LogP contribution in [-0.2, 0) is 14.3 Å². The number of hydrogen-bond donors (Lipinski definition) is 6. The summed E-state index contributed by atoms with van der Waals surface area (Å²) in [7, 11) is 0. The summed E-state index contributed by atoms with van der Waals surface area (Å²) >= 11 is 0. The molecule has 7 unspecified atom stereocenters. The number of aliphatic hydroxyl groups is 5. The van der Waals surface area contributed by atoms with Crippen molar-refractivity contribution < 1.29 is 39.8 Å². The maximum absolute atomic E-state index is 13.0. The number of ether oxygens (including phenoxy) is 2. The third kappa shape index (κ3) is 37.7. The van der Waals surface area contributed by atoms with E-state index in [4.69, 9.17) is 9.47 Å². The Kier molecular flexibility index (Phi) is 45.6. The van der Waals surface area contributed by atoms with Crippen LogP contribution in [0.5, 0.6) is 0 Å². The molecule has 1 fully saturated rings. The number of allylic oxidation sites excluding steroid dienone is 9. The first kappa shape index (κ1) is 63.9. The quantitative estimate of drug-likeness (QED) is 0.0261. The van der Waals surface area contributed by atoms with Gasteiger partial charge in [-0.2, -0.15) is 0 Å². The van der Waals surface area contributed by atoms with Gasteiger partial charge in [-0.15, -0.1) is 0 Å². The monoisotopic (exact) mass is 958 g/mol. The van der Waals surface area contributed by atoms with Crippen LogP contribution in [0.3, 0.4) is 0 Å². The van der Waals surface area contributed by atoms with Crippen molar-refractivity contribution in [3.8, 4) is 0 Å². The normalized spacial score (nSPS) is 20.0. The Morgan fingerprint density at radius 3 is 1.37 bits per heavy atom. The van der Waals surface area contributed by atoms with Crippen molar-refractivity contribution in [2.45, 2.75) is 294 Å². The average Bonchev–Trinajstić information content (AvgIpc) is 3.34. The summed E-state index contributed by atoms with van der Waals surface area (Å²) < 4.78 is 11.2. The second-order valence-corrected chi connectivity index (χ2v) is 19.7. The van der Waals surface area contributed by atoms with Crippen molar-refractivity contribution in [3.05, 3.63) is 60.8 Å². The van der Waals surface area contributed by atoms with Gasteiger partial charge in [0.25, 0.3) is 0 Å². The van der Waals surface area contributed by atoms with Crippen LogP contribution in [0.25, 0.3) is 0 Å². The number of amides is 1. The second-order valence-electron chi connectivity index (χ2n) is 19.7. The van der Waals surface area contributed by atoms with E-state index in [1.807, 2.05) is 6.08 Å². The van der Waals surface area contributed by atoms with Crippen LogP contribution in [0.4, 0.5) is 0 Å². The fourth-order valence-corrected chi connectivity index (χ4v) is 8.74. The first-order chi connectivity index (χ1) is 33.3. The minimum Gasteiger partial charge on any atom is -0.394 e. The standard InChI is InChI=1S/C59H107NO8/c1-3-5-7-9-11-13-15-17-18-19-20-21-22-23-24-25-26-27-28-29-30-31-32-33-34-35-36-37-39-41-43-45-47-49-55(63)60-52(51-67-59-58(66)57(65)56(64)54(50-61)68-59)53(62)48-46-44-42-40-38-16-14-12-10-8-6-4-2/h10,12,15,17,19-20,38,40,46,48,52-54,56-59,61-62,64-66H,3-9,11,13-14,16,18,21-37,39,41-45,47,49-51H2,1-2H3,(H,60,63)/b12-10+,17-15-,20-19-,40-38+,48-46+. The lowest BCUT2D eigenvalue weighted by molar-refractivity contribution is -0.302. The predicted octanol–water partition coefficient (Wildman–Crippen LogP) is 13.9. The van der Waals surface area contributed by atoms with Gasteiger partial charge in [0.05, 0.1) is 25.4 Å². The zero-order valence-corrected chi connectivity index (χ0v) is 43.9. The van der Waals surface area contributed by atoms with Crippen molar-refractivity contribution >= 4 is 5.91 Å². The van der Waals surface area contributed by atoms with E-state index in [9.17, 15) is 30.3 Å². The summed E-state index contributed by atoms with van der Waals surface area (Å²) in [5.41, 5.74) is 0. The highest BCUT2D eigenvalue weighted by Gasteiger charge is 2.44. The highest BCUT2D eigenvalue weighted by atomic mass is 16.7. The van der Waals surface area contributed by atoms with Crippen molar-refractivity contribution in [2.75, 3.05) is 13.2 Å². The SMILES string of the molecule is CCCC/C=C/CC/C=C/CC/C=C/C(O)C(COC1OC(CO)C(O)C(O)C1O)NC(=O)CCCCCCCCCCCCCCCCCCCCCCC/C=C\C/C=C\CCCCCCC. The van der Waals surface area contributed by atoms with Crippen LogP contribution >= 0.6 is 0 Å². The smallest absolute Gasteiger partial charge is 0.220 e. The average molecular weight is 959 g/mol. The van der Waals surface area contributed by atoms with Crippen molar-refractivity contribution in [1.29, 1.82) is 0 Å². The molecule has 0 aromatic carbocycles. The van der Waals surface area contributed by atoms with Gasteiger partial charge in [-0.1, -0.05) is 235 Å². The van der Waals surface area contributed by atoms with Gasteiger partial charge in [-0.3, -0.25) is 4.79 Å². The molecule has 7 atom stereocenters. The van der Waals surface area contributed by atoms with Gasteiger partial charge in [0.15, 0.2) is 6.29 Å². The van der Waals surface area contributed by atoms with E-state index in [0.29, 0.717) is 6.42 Å². The molecule has 0 saturated carbocycles. The molecule has 0 spiro atoms. The summed E-state index contributed by atoms with van der Waals surface area (Å²) in [6, 6.07) is -0.827. The Balaban J connectivity index is 2.11. The molecule has 0 aromatic heterocycles. The molecule has 0 aliphatic carbocycles. The molecule has 1 aliphatic heterocycles. The maximum atomic E-state index is 13.0. The topological polar surface area (TPSA) is 149 Å². The van der Waals surface area contributed by atoms with Crippen LogP contribution in [0, 0.1) is 0 Å². The Bertz CT molecular complexity index is 1250. The molecule has 9 heteroatoms. The first-order valence-electron chi connectivity index (χ1n) is 28.5. The summed E-state index contributed by atoms with van der Waals surface area (Å²) in [6.07, 6.45) is 58.8. The van der Waals surface area contributed by atoms with Gasteiger partial charge in [0.2, 0.25) is 5.91 Å². The molecular weight excluding hydrogens is 851 g/mol. The second kappa shape index (κ2) is 48.5. The van der Waals surface area contributed by atoms with Crippen LogP contribution in [0.15, 0.2) is 60.8 Å². The number of rotatable bonds is 48. The molecule has 396 valence electrons. The van der Waals surface area contributed by atoms with Crippen molar-refractivity contribution in [3.63, 3.8) is 0 Å². The molecular formula is C59H107NO8. The van der Waals surface area contributed by atoms with Gasteiger partial charge in [0.1, 0.15) is 24.4 Å². The Labute approximate surface area is 417 Å². The number of hydrogen-bond acceptors (Lipinski definition) is 8. The molecule has 6 N–H and O–H groups in total. The Morgan fingerprint density at radius 1 is 0.500 bits per heavy atom. The Hall–Kier alpha value is -2.11. The van der Waals surface area contributed by atoms with E-state index in [1.165, 1.54) is 173 Å². The van der Waals surface area contributed by atoms with Crippen LogP contribution < -0.4 is 5.32 Å². The number of unbranched alkanes of at least 4 members (excludes halogenated alkanes) is 30. The zero-order valence-electron chi connectivity index (χ0n) is 43.9. The molecule has 0 aromatic rings. The number of carbonyl (C=O) groups excluding carboxylic acids is 1. The molecule has 9 nitrogen and oxygen atoms in total. The lowest BCUT2D eigenvalue weighted by atomic mass is 9.99. The fraction of sp³-hybridized carbons (Fsp3) is 0.814. The summed E-state index contributed by atoms with van der Waals surface area (Å²) in [4.78, 5) is 13.0. The number of nitrogens with one attached hydrogen (secondary N) is 1. The van der Waals surface area contributed by atoms with Gasteiger partial charge in [-0.05, 0) is 70.6 Å². The molecule has 1 amide bonds. The van der Waals surface area contributed by atoms with Crippen LogP contribution in [-0.4, -0.2) is 87.5 Å². The Morgan fingerprint density at radius 2 is 0.897 bits per heavy atom. The highest BCUT2D eigenvalue weighted by molar-refractivity contribution is 5.76. The summed E-state index contributed by atoms with van der Waals surface area (Å²) in [5.74, 6) is -0.190. The molecule has 1 rings (SSSR count). The molecule has 1 aliphatic rings. The fourth-order valence-electron chi connectivity index (χ4n) is 8.74. The predicted molar refractivity (Wildman–Crippen MR) is 286 cm³/mol. The molecule has 0 bridgehead atoms. The molecule has 0 radical (unpaired) electrons. The maximum Gasteiger partial charge on any atom is 0.220 e. The first-order valence-corrected chi connectivity index (χ1v) is 28.5. The lowest BCUT2D eigenvalue weighted by Crippen LogP contribution is -2.60. The lowest BCUT2D eigenvalue weighted by Gasteiger charge is -2.40.